The maximum Gasteiger partial charge on any atom is 0.0823 e. The molecule has 1 heterocycles. The molecule has 0 saturated heterocycles. The molecule has 0 aliphatic carbocycles. The van der Waals surface area contributed by atoms with E-state index in [9.17, 15) is 0 Å². The van der Waals surface area contributed by atoms with Crippen molar-refractivity contribution >= 4 is 5.69 Å². The molecule has 3 heteroatoms. The van der Waals surface area contributed by atoms with Gasteiger partial charge in [-0.2, -0.15) is 5.10 Å². The Labute approximate surface area is 89.5 Å². The van der Waals surface area contributed by atoms with E-state index in [0.29, 0.717) is 0 Å². The highest BCUT2D eigenvalue weighted by Gasteiger charge is 2.09. The van der Waals surface area contributed by atoms with Gasteiger partial charge in [0.2, 0.25) is 0 Å². The van der Waals surface area contributed by atoms with Gasteiger partial charge in [-0.25, -0.2) is 0 Å². The predicted molar refractivity (Wildman–Crippen MR) is 61.6 cm³/mol. The van der Waals surface area contributed by atoms with Gasteiger partial charge in [-0.3, -0.25) is 4.68 Å². The molecule has 0 fully saturated rings. The first kappa shape index (κ1) is 9.77. The highest BCUT2D eigenvalue weighted by Crippen LogP contribution is 2.19. The summed E-state index contributed by atoms with van der Waals surface area (Å²) in [6.45, 7) is 4.03. The lowest BCUT2D eigenvalue weighted by atomic mass is 10.1. The first-order valence-electron chi connectivity index (χ1n) is 5.04. The van der Waals surface area contributed by atoms with Crippen molar-refractivity contribution < 1.29 is 0 Å². The molecule has 0 spiro atoms. The Morgan fingerprint density at radius 2 is 1.93 bits per heavy atom. The van der Waals surface area contributed by atoms with Gasteiger partial charge in [-0.05, 0) is 19.4 Å². The van der Waals surface area contributed by atoms with Crippen LogP contribution in [0.4, 0.5) is 5.69 Å². The van der Waals surface area contributed by atoms with Crippen molar-refractivity contribution in [2.24, 2.45) is 0 Å². The summed E-state index contributed by atoms with van der Waals surface area (Å²) in [5, 5.41) is 4.38. The van der Waals surface area contributed by atoms with Crippen LogP contribution in [0.3, 0.4) is 0 Å². The molecule has 1 atom stereocenters. The van der Waals surface area contributed by atoms with Crippen LogP contribution in [0.5, 0.6) is 0 Å². The zero-order valence-electron chi connectivity index (χ0n) is 9.01. The van der Waals surface area contributed by atoms with Gasteiger partial charge in [-0.1, -0.05) is 30.3 Å². The number of benzene rings is 1. The summed E-state index contributed by atoms with van der Waals surface area (Å²) in [6.07, 6.45) is 1.88. The van der Waals surface area contributed by atoms with Crippen molar-refractivity contribution in [1.82, 2.24) is 9.78 Å². The van der Waals surface area contributed by atoms with E-state index in [4.69, 9.17) is 5.73 Å². The average molecular weight is 201 g/mol. The summed E-state index contributed by atoms with van der Waals surface area (Å²) >= 11 is 0. The van der Waals surface area contributed by atoms with Crippen LogP contribution in [0.1, 0.15) is 24.2 Å². The van der Waals surface area contributed by atoms with Gasteiger partial charge in [-0.15, -0.1) is 0 Å². The molecule has 1 unspecified atom stereocenters. The molecule has 15 heavy (non-hydrogen) atoms. The van der Waals surface area contributed by atoms with Crippen molar-refractivity contribution in [2.75, 3.05) is 5.73 Å². The van der Waals surface area contributed by atoms with Crippen molar-refractivity contribution in [3.8, 4) is 0 Å². The van der Waals surface area contributed by atoms with Crippen LogP contribution in [0, 0.1) is 6.92 Å². The molecular weight excluding hydrogens is 186 g/mol. The molecule has 0 aliphatic rings. The second-order valence-electron chi connectivity index (χ2n) is 3.74. The lowest BCUT2D eigenvalue weighted by Crippen LogP contribution is -2.07. The Hall–Kier alpha value is -1.77. The number of aromatic nitrogens is 2. The van der Waals surface area contributed by atoms with Crippen LogP contribution >= 0.6 is 0 Å². The van der Waals surface area contributed by atoms with Crippen LogP contribution in [0.25, 0.3) is 0 Å². The molecular formula is C12H15N3. The van der Waals surface area contributed by atoms with Crippen molar-refractivity contribution in [3.63, 3.8) is 0 Å². The summed E-state index contributed by atoms with van der Waals surface area (Å²) in [4.78, 5) is 0. The number of nitrogen functional groups attached to an aromatic ring is 1. The minimum absolute atomic E-state index is 0.224. The number of nitrogens with two attached hydrogens (primary N) is 1. The smallest absolute Gasteiger partial charge is 0.0823 e. The molecule has 3 nitrogen and oxygen atoms in total. The number of hydrogen-bond donors (Lipinski definition) is 1. The van der Waals surface area contributed by atoms with Gasteiger partial charge in [0.15, 0.2) is 0 Å². The minimum atomic E-state index is 0.224. The highest BCUT2D eigenvalue weighted by atomic mass is 15.3. The molecule has 2 aromatic rings. The third kappa shape index (κ3) is 1.86. The fourth-order valence-electron chi connectivity index (χ4n) is 1.58. The van der Waals surface area contributed by atoms with Gasteiger partial charge in [0.05, 0.1) is 17.4 Å². The van der Waals surface area contributed by atoms with Crippen LogP contribution < -0.4 is 5.73 Å². The Kier molecular flexibility index (Phi) is 2.46. The average Bonchev–Trinajstić information content (AvgIpc) is 2.59. The SMILES string of the molecule is Cc1nn(C(C)c2ccccc2)cc1N. The minimum Gasteiger partial charge on any atom is -0.396 e. The Balaban J connectivity index is 2.32. The van der Waals surface area contributed by atoms with Gasteiger partial charge in [0, 0.05) is 6.20 Å². The second kappa shape index (κ2) is 3.77. The fraction of sp³-hybridized carbons (Fsp3) is 0.250. The van der Waals surface area contributed by atoms with Gasteiger partial charge in [0.1, 0.15) is 0 Å². The Bertz CT molecular complexity index is 426. The van der Waals surface area contributed by atoms with Crippen molar-refractivity contribution in [1.29, 1.82) is 0 Å². The summed E-state index contributed by atoms with van der Waals surface area (Å²) in [5.74, 6) is 0. The lowest BCUT2D eigenvalue weighted by Gasteiger charge is -2.11. The van der Waals surface area contributed by atoms with Crippen molar-refractivity contribution in [3.05, 3.63) is 47.8 Å². The maximum atomic E-state index is 5.77. The summed E-state index contributed by atoms with van der Waals surface area (Å²) in [7, 11) is 0. The zero-order chi connectivity index (χ0) is 10.8. The highest BCUT2D eigenvalue weighted by molar-refractivity contribution is 5.40. The number of aryl methyl sites for hydroxylation is 1. The molecule has 0 bridgehead atoms. The zero-order valence-corrected chi connectivity index (χ0v) is 9.01. The number of rotatable bonds is 2. The number of nitrogens with zero attached hydrogens (tertiary/aromatic N) is 2. The van der Waals surface area contributed by atoms with E-state index in [1.807, 2.05) is 36.0 Å². The van der Waals surface area contributed by atoms with E-state index >= 15 is 0 Å². The number of anilines is 1. The Morgan fingerprint density at radius 3 is 2.47 bits per heavy atom. The van der Waals surface area contributed by atoms with E-state index in [0.717, 1.165) is 11.4 Å². The third-order valence-electron chi connectivity index (χ3n) is 2.63. The second-order valence-corrected chi connectivity index (χ2v) is 3.74. The molecule has 2 rings (SSSR count). The van der Waals surface area contributed by atoms with Crippen LogP contribution in [-0.2, 0) is 0 Å². The molecule has 0 radical (unpaired) electrons. The molecule has 0 saturated carbocycles. The van der Waals surface area contributed by atoms with Crippen LogP contribution in [-0.4, -0.2) is 9.78 Å². The van der Waals surface area contributed by atoms with E-state index in [1.54, 1.807) is 0 Å². The molecule has 2 N–H and O–H groups in total. The summed E-state index contributed by atoms with van der Waals surface area (Å²) in [5.41, 5.74) is 8.64. The van der Waals surface area contributed by atoms with Gasteiger partial charge >= 0.3 is 0 Å². The summed E-state index contributed by atoms with van der Waals surface area (Å²) < 4.78 is 1.90. The first-order chi connectivity index (χ1) is 7.18. The number of hydrogen-bond acceptors (Lipinski definition) is 2. The van der Waals surface area contributed by atoms with Crippen LogP contribution in [0.2, 0.25) is 0 Å². The van der Waals surface area contributed by atoms with Crippen LogP contribution in [0.15, 0.2) is 36.5 Å². The monoisotopic (exact) mass is 201 g/mol. The predicted octanol–water partition coefficient (Wildman–Crippen LogP) is 2.38. The van der Waals surface area contributed by atoms with E-state index < -0.39 is 0 Å². The molecule has 1 aromatic heterocycles. The Morgan fingerprint density at radius 1 is 1.27 bits per heavy atom. The van der Waals surface area contributed by atoms with E-state index in [2.05, 4.69) is 24.2 Å². The lowest BCUT2D eigenvalue weighted by molar-refractivity contribution is 0.561. The normalized spacial score (nSPS) is 12.7. The maximum absolute atomic E-state index is 5.77. The molecule has 78 valence electrons. The topological polar surface area (TPSA) is 43.8 Å². The third-order valence-corrected chi connectivity index (χ3v) is 2.63. The largest absolute Gasteiger partial charge is 0.396 e. The quantitative estimate of drug-likeness (QED) is 0.810. The van der Waals surface area contributed by atoms with E-state index in [1.165, 1.54) is 5.56 Å². The fourth-order valence-corrected chi connectivity index (χ4v) is 1.58. The standard InChI is InChI=1S/C12H15N3/c1-9-12(13)8-15(14-9)10(2)11-6-4-3-5-7-11/h3-8,10H,13H2,1-2H3. The summed E-state index contributed by atoms with van der Waals surface area (Å²) in [6, 6.07) is 10.5. The van der Waals surface area contributed by atoms with Gasteiger partial charge in [0.25, 0.3) is 0 Å². The van der Waals surface area contributed by atoms with E-state index in [-0.39, 0.29) is 6.04 Å². The van der Waals surface area contributed by atoms with Crippen molar-refractivity contribution in [2.45, 2.75) is 19.9 Å². The molecule has 0 aliphatic heterocycles. The molecule has 1 aromatic carbocycles. The molecule has 0 amide bonds. The first-order valence-corrected chi connectivity index (χ1v) is 5.04. The van der Waals surface area contributed by atoms with Gasteiger partial charge < -0.3 is 5.73 Å².